The van der Waals surface area contributed by atoms with Crippen molar-refractivity contribution in [3.63, 3.8) is 0 Å². The molecule has 5 nitrogen and oxygen atoms in total. The molecule has 110 valence electrons. The maximum absolute atomic E-state index is 11.6. The van der Waals surface area contributed by atoms with E-state index in [0.29, 0.717) is 17.4 Å². The number of aldehydes is 1. The number of hydrogen-bond donors (Lipinski definition) is 1. The van der Waals surface area contributed by atoms with Crippen molar-refractivity contribution in [1.82, 2.24) is 0 Å². The normalized spacial score (nSPS) is 10.7. The van der Waals surface area contributed by atoms with Crippen LogP contribution in [-0.4, -0.2) is 29.6 Å². The summed E-state index contributed by atoms with van der Waals surface area (Å²) >= 11 is 0. The van der Waals surface area contributed by atoms with Crippen LogP contribution in [0.15, 0.2) is 12.1 Å². The highest BCUT2D eigenvalue weighted by molar-refractivity contribution is 5.83. The van der Waals surface area contributed by atoms with Crippen molar-refractivity contribution in [2.75, 3.05) is 0 Å². The van der Waals surface area contributed by atoms with Crippen LogP contribution in [-0.2, 0) is 16.0 Å². The van der Waals surface area contributed by atoms with Gasteiger partial charge in [0.05, 0.1) is 18.6 Å². The predicted molar refractivity (Wildman–Crippen MR) is 74.2 cm³/mol. The molecule has 0 aliphatic rings. The number of hydrogen-bond acceptors (Lipinski definition) is 5. The highest BCUT2D eigenvalue weighted by Gasteiger charge is 2.15. The molecule has 1 N–H and O–H groups in total. The van der Waals surface area contributed by atoms with E-state index in [1.165, 1.54) is 12.1 Å². The van der Waals surface area contributed by atoms with Crippen LogP contribution in [0.4, 0.5) is 0 Å². The molecule has 0 saturated carbocycles. The third kappa shape index (κ3) is 4.57. The Kier molecular flexibility index (Phi) is 5.55. The number of carbonyl (C=O) groups excluding carboxylic acids is 2. The van der Waals surface area contributed by atoms with E-state index in [9.17, 15) is 14.7 Å². The first-order chi connectivity index (χ1) is 9.33. The lowest BCUT2D eigenvalue weighted by Crippen LogP contribution is -2.14. The standard InChI is InChI=1S/C15H20O5/c1-9(2)19-14-6-12(8-16)11(5-13(14)17)7-15(18)20-10(3)4/h5-6,8-10,17H,7H2,1-4H3. The Morgan fingerprint density at radius 3 is 2.40 bits per heavy atom. The van der Waals surface area contributed by atoms with E-state index in [0.717, 1.165) is 0 Å². The molecule has 0 amide bonds. The van der Waals surface area contributed by atoms with Gasteiger partial charge in [-0.15, -0.1) is 0 Å². The summed E-state index contributed by atoms with van der Waals surface area (Å²) in [4.78, 5) is 22.7. The van der Waals surface area contributed by atoms with Crippen LogP contribution in [0.1, 0.15) is 43.6 Å². The Labute approximate surface area is 118 Å². The molecule has 0 fully saturated rings. The van der Waals surface area contributed by atoms with Gasteiger partial charge in [0, 0.05) is 5.56 Å². The van der Waals surface area contributed by atoms with Gasteiger partial charge in [-0.25, -0.2) is 0 Å². The molecule has 5 heteroatoms. The Balaban J connectivity index is 2.99. The van der Waals surface area contributed by atoms with Gasteiger partial charge in [-0.1, -0.05) is 0 Å². The minimum absolute atomic E-state index is 0.0677. The van der Waals surface area contributed by atoms with Crippen molar-refractivity contribution in [3.8, 4) is 11.5 Å². The second-order valence-corrected chi connectivity index (χ2v) is 5.02. The molecule has 0 aliphatic heterocycles. The van der Waals surface area contributed by atoms with E-state index in [1.54, 1.807) is 13.8 Å². The largest absolute Gasteiger partial charge is 0.504 e. The second kappa shape index (κ2) is 6.93. The maximum atomic E-state index is 11.6. The number of esters is 1. The smallest absolute Gasteiger partial charge is 0.310 e. The maximum Gasteiger partial charge on any atom is 0.310 e. The van der Waals surface area contributed by atoms with Gasteiger partial charge in [-0.2, -0.15) is 0 Å². The molecule has 0 spiro atoms. The predicted octanol–water partition coefficient (Wildman–Crippen LogP) is 2.49. The Morgan fingerprint density at radius 1 is 1.25 bits per heavy atom. The summed E-state index contributed by atoms with van der Waals surface area (Å²) < 4.78 is 10.4. The molecule has 1 rings (SSSR count). The van der Waals surface area contributed by atoms with Crippen molar-refractivity contribution < 1.29 is 24.2 Å². The number of ether oxygens (including phenoxy) is 2. The molecular formula is C15H20O5. The molecule has 0 saturated heterocycles. The average molecular weight is 280 g/mol. The summed E-state index contributed by atoms with van der Waals surface area (Å²) in [7, 11) is 0. The van der Waals surface area contributed by atoms with Crippen LogP contribution in [0.5, 0.6) is 11.5 Å². The molecular weight excluding hydrogens is 260 g/mol. The fourth-order valence-corrected chi connectivity index (χ4v) is 1.70. The number of rotatable bonds is 6. The highest BCUT2D eigenvalue weighted by atomic mass is 16.5. The van der Waals surface area contributed by atoms with E-state index in [-0.39, 0.29) is 30.1 Å². The number of phenolic OH excluding ortho intramolecular Hbond substituents is 1. The lowest BCUT2D eigenvalue weighted by Gasteiger charge is -2.14. The number of aromatic hydroxyl groups is 1. The monoisotopic (exact) mass is 280 g/mol. The summed E-state index contributed by atoms with van der Waals surface area (Å²) in [6.45, 7) is 7.12. The van der Waals surface area contributed by atoms with E-state index >= 15 is 0 Å². The van der Waals surface area contributed by atoms with Gasteiger partial charge < -0.3 is 14.6 Å². The zero-order valence-corrected chi connectivity index (χ0v) is 12.2. The van der Waals surface area contributed by atoms with Crippen molar-refractivity contribution in [1.29, 1.82) is 0 Å². The Hall–Kier alpha value is -2.04. The molecule has 1 aromatic carbocycles. The van der Waals surface area contributed by atoms with Crippen LogP contribution in [0, 0.1) is 0 Å². The average Bonchev–Trinajstić information content (AvgIpc) is 2.30. The van der Waals surface area contributed by atoms with Crippen LogP contribution in [0.3, 0.4) is 0 Å². The van der Waals surface area contributed by atoms with E-state index in [1.807, 2.05) is 13.8 Å². The zero-order chi connectivity index (χ0) is 15.3. The lowest BCUT2D eigenvalue weighted by atomic mass is 10.0. The summed E-state index contributed by atoms with van der Waals surface area (Å²) in [5.41, 5.74) is 0.721. The molecule has 0 aromatic heterocycles. The van der Waals surface area contributed by atoms with Crippen LogP contribution < -0.4 is 4.74 Å². The van der Waals surface area contributed by atoms with Crippen molar-refractivity contribution in [3.05, 3.63) is 23.3 Å². The van der Waals surface area contributed by atoms with Gasteiger partial charge >= 0.3 is 5.97 Å². The first kappa shape index (κ1) is 16.0. The second-order valence-electron chi connectivity index (χ2n) is 5.02. The summed E-state index contributed by atoms with van der Waals surface area (Å²) in [5, 5.41) is 9.86. The van der Waals surface area contributed by atoms with Gasteiger partial charge in [0.2, 0.25) is 0 Å². The molecule has 1 aromatic rings. The first-order valence-electron chi connectivity index (χ1n) is 6.50. The summed E-state index contributed by atoms with van der Waals surface area (Å²) in [6.07, 6.45) is 0.211. The minimum Gasteiger partial charge on any atom is -0.504 e. The van der Waals surface area contributed by atoms with E-state index in [4.69, 9.17) is 9.47 Å². The molecule has 0 atom stereocenters. The van der Waals surface area contributed by atoms with Crippen molar-refractivity contribution in [2.45, 2.75) is 46.3 Å². The molecule has 0 unspecified atom stereocenters. The summed E-state index contributed by atoms with van der Waals surface area (Å²) in [5.74, 6) is -0.320. The van der Waals surface area contributed by atoms with Gasteiger partial charge in [0.25, 0.3) is 0 Å². The number of carbonyl (C=O) groups is 2. The number of phenols is 1. The third-order valence-corrected chi connectivity index (χ3v) is 2.41. The summed E-state index contributed by atoms with van der Waals surface area (Å²) in [6, 6.07) is 2.79. The quantitative estimate of drug-likeness (QED) is 0.640. The molecule has 20 heavy (non-hydrogen) atoms. The first-order valence-corrected chi connectivity index (χ1v) is 6.50. The topological polar surface area (TPSA) is 72.8 Å². The molecule has 0 radical (unpaired) electrons. The van der Waals surface area contributed by atoms with Gasteiger partial charge in [-0.05, 0) is 45.4 Å². The van der Waals surface area contributed by atoms with Crippen LogP contribution in [0.2, 0.25) is 0 Å². The van der Waals surface area contributed by atoms with E-state index < -0.39 is 5.97 Å². The van der Waals surface area contributed by atoms with Gasteiger partial charge in [0.1, 0.15) is 6.29 Å². The van der Waals surface area contributed by atoms with Crippen molar-refractivity contribution >= 4 is 12.3 Å². The lowest BCUT2D eigenvalue weighted by molar-refractivity contribution is -0.146. The Morgan fingerprint density at radius 2 is 1.90 bits per heavy atom. The fraction of sp³-hybridized carbons (Fsp3) is 0.467. The third-order valence-electron chi connectivity index (χ3n) is 2.41. The number of benzene rings is 1. The Bertz CT molecular complexity index is 491. The fourth-order valence-electron chi connectivity index (χ4n) is 1.70. The molecule has 0 aliphatic carbocycles. The van der Waals surface area contributed by atoms with Crippen LogP contribution >= 0.6 is 0 Å². The van der Waals surface area contributed by atoms with Crippen LogP contribution in [0.25, 0.3) is 0 Å². The molecule has 0 bridgehead atoms. The minimum atomic E-state index is -0.444. The van der Waals surface area contributed by atoms with E-state index in [2.05, 4.69) is 0 Å². The van der Waals surface area contributed by atoms with Crippen molar-refractivity contribution in [2.24, 2.45) is 0 Å². The zero-order valence-electron chi connectivity index (χ0n) is 12.2. The molecule has 0 heterocycles. The SMILES string of the molecule is CC(C)OC(=O)Cc1cc(O)c(OC(C)C)cc1C=O. The van der Waals surface area contributed by atoms with Gasteiger partial charge in [-0.3, -0.25) is 9.59 Å². The highest BCUT2D eigenvalue weighted by Crippen LogP contribution is 2.30. The van der Waals surface area contributed by atoms with Gasteiger partial charge in [0.15, 0.2) is 11.5 Å².